The van der Waals surface area contributed by atoms with Crippen molar-refractivity contribution in [1.29, 1.82) is 0 Å². The number of nitrogens with one attached hydrogen (secondary N) is 1. The number of carbonyl (C=O) groups is 2. The van der Waals surface area contributed by atoms with E-state index in [1.807, 2.05) is 24.3 Å². The summed E-state index contributed by atoms with van der Waals surface area (Å²) < 4.78 is 10.3. The van der Waals surface area contributed by atoms with Crippen LogP contribution in [0.1, 0.15) is 17.9 Å². The lowest BCUT2D eigenvalue weighted by Gasteiger charge is -2.28. The third-order valence-corrected chi connectivity index (χ3v) is 5.75. The molecule has 0 saturated carbocycles. The number of carbonyl (C=O) groups excluding carboxylic acids is 2. The molecule has 1 fully saturated rings. The number of nitrogens with zero attached hydrogens (tertiary/aromatic N) is 1. The van der Waals surface area contributed by atoms with Gasteiger partial charge in [0, 0.05) is 18.4 Å². The van der Waals surface area contributed by atoms with E-state index in [-0.39, 0.29) is 17.2 Å². The molecule has 1 heterocycles. The monoisotopic (exact) mass is 386 g/mol. The average Bonchev–Trinajstić information content (AvgIpc) is 3.14. The van der Waals surface area contributed by atoms with Gasteiger partial charge in [-0.25, -0.2) is 0 Å². The Kier molecular flexibility index (Phi) is 5.91. The SMILES string of the molecule is COc1ccc(NC(=O)C2CSC(c3ccc(OC)cc3)N2C(C)=O)cc1. The number of benzene rings is 2. The zero-order valence-corrected chi connectivity index (χ0v) is 16.3. The zero-order chi connectivity index (χ0) is 19.4. The van der Waals surface area contributed by atoms with E-state index in [0.29, 0.717) is 17.2 Å². The zero-order valence-electron chi connectivity index (χ0n) is 15.5. The van der Waals surface area contributed by atoms with Crippen LogP contribution in [0.25, 0.3) is 0 Å². The summed E-state index contributed by atoms with van der Waals surface area (Å²) in [4.78, 5) is 26.7. The molecule has 27 heavy (non-hydrogen) atoms. The van der Waals surface area contributed by atoms with Gasteiger partial charge >= 0.3 is 0 Å². The van der Waals surface area contributed by atoms with Crippen molar-refractivity contribution in [3.63, 3.8) is 0 Å². The Hall–Kier alpha value is -2.67. The highest BCUT2D eigenvalue weighted by molar-refractivity contribution is 7.99. The molecular formula is C20H22N2O4S. The Balaban J connectivity index is 1.76. The Labute approximate surface area is 162 Å². The lowest BCUT2D eigenvalue weighted by Crippen LogP contribution is -2.44. The second-order valence-corrected chi connectivity index (χ2v) is 7.23. The molecule has 0 spiro atoms. The molecule has 2 amide bonds. The number of rotatable bonds is 5. The van der Waals surface area contributed by atoms with Gasteiger partial charge in [-0.05, 0) is 42.0 Å². The molecule has 1 saturated heterocycles. The molecule has 2 unspecified atom stereocenters. The topological polar surface area (TPSA) is 67.9 Å². The van der Waals surface area contributed by atoms with Crippen LogP contribution in [-0.4, -0.2) is 42.7 Å². The molecule has 2 atom stereocenters. The second kappa shape index (κ2) is 8.35. The number of thioether (sulfide) groups is 1. The van der Waals surface area contributed by atoms with Crippen LogP contribution in [0, 0.1) is 0 Å². The predicted molar refractivity (Wildman–Crippen MR) is 106 cm³/mol. The maximum absolute atomic E-state index is 12.8. The summed E-state index contributed by atoms with van der Waals surface area (Å²) in [5.41, 5.74) is 1.64. The van der Waals surface area contributed by atoms with Gasteiger partial charge in [0.25, 0.3) is 0 Å². The summed E-state index contributed by atoms with van der Waals surface area (Å²) >= 11 is 1.58. The smallest absolute Gasteiger partial charge is 0.248 e. The molecule has 0 aliphatic carbocycles. The third-order valence-electron chi connectivity index (χ3n) is 4.43. The summed E-state index contributed by atoms with van der Waals surface area (Å²) in [6.45, 7) is 1.50. The molecule has 2 aromatic rings. The first-order valence-electron chi connectivity index (χ1n) is 8.53. The number of anilines is 1. The molecule has 1 aliphatic heterocycles. The van der Waals surface area contributed by atoms with E-state index in [1.165, 1.54) is 6.92 Å². The first-order chi connectivity index (χ1) is 13.0. The third kappa shape index (κ3) is 4.19. The van der Waals surface area contributed by atoms with Crippen LogP contribution in [0.5, 0.6) is 11.5 Å². The fraction of sp³-hybridized carbons (Fsp3) is 0.300. The normalized spacial score (nSPS) is 18.9. The van der Waals surface area contributed by atoms with Crippen molar-refractivity contribution >= 4 is 29.3 Å². The van der Waals surface area contributed by atoms with Crippen LogP contribution in [0.15, 0.2) is 48.5 Å². The van der Waals surface area contributed by atoms with Crippen LogP contribution in [0.3, 0.4) is 0 Å². The Morgan fingerprint density at radius 2 is 1.56 bits per heavy atom. The molecule has 142 valence electrons. The van der Waals surface area contributed by atoms with Crippen LogP contribution in [-0.2, 0) is 9.59 Å². The van der Waals surface area contributed by atoms with Crippen molar-refractivity contribution in [1.82, 2.24) is 4.90 Å². The quantitative estimate of drug-likeness (QED) is 0.854. The van der Waals surface area contributed by atoms with Gasteiger partial charge in [-0.3, -0.25) is 9.59 Å². The van der Waals surface area contributed by atoms with Crippen LogP contribution >= 0.6 is 11.8 Å². The molecule has 7 heteroatoms. The number of hydrogen-bond donors (Lipinski definition) is 1. The lowest BCUT2D eigenvalue weighted by molar-refractivity contribution is -0.136. The summed E-state index contributed by atoms with van der Waals surface area (Å²) in [7, 11) is 3.20. The highest BCUT2D eigenvalue weighted by Crippen LogP contribution is 2.42. The largest absolute Gasteiger partial charge is 0.497 e. The van der Waals surface area contributed by atoms with Crippen molar-refractivity contribution < 1.29 is 19.1 Å². The number of amides is 2. The second-order valence-electron chi connectivity index (χ2n) is 6.12. The number of methoxy groups -OCH3 is 2. The van der Waals surface area contributed by atoms with Crippen molar-refractivity contribution in [2.45, 2.75) is 18.3 Å². The van der Waals surface area contributed by atoms with Crippen LogP contribution in [0.2, 0.25) is 0 Å². The van der Waals surface area contributed by atoms with E-state index in [4.69, 9.17) is 9.47 Å². The van der Waals surface area contributed by atoms with Crippen molar-refractivity contribution in [2.75, 3.05) is 25.3 Å². The molecule has 3 rings (SSSR count). The summed E-state index contributed by atoms with van der Waals surface area (Å²) in [5.74, 6) is 1.69. The molecule has 0 radical (unpaired) electrons. The standard InChI is InChI=1S/C20H22N2O4S/c1-13(23)22-18(19(24)21-15-6-10-17(26-3)11-7-15)12-27-20(22)14-4-8-16(25-2)9-5-14/h4-11,18,20H,12H2,1-3H3,(H,21,24). The summed E-state index contributed by atoms with van der Waals surface area (Å²) in [6.07, 6.45) is 0. The van der Waals surface area contributed by atoms with Gasteiger partial charge < -0.3 is 19.7 Å². The maximum Gasteiger partial charge on any atom is 0.248 e. The number of hydrogen-bond acceptors (Lipinski definition) is 5. The van der Waals surface area contributed by atoms with Gasteiger partial charge in [0.15, 0.2) is 0 Å². The Bertz CT molecular complexity index is 808. The van der Waals surface area contributed by atoms with E-state index >= 15 is 0 Å². The van der Waals surface area contributed by atoms with Gasteiger partial charge in [0.2, 0.25) is 11.8 Å². The van der Waals surface area contributed by atoms with E-state index in [9.17, 15) is 9.59 Å². The van der Waals surface area contributed by atoms with E-state index in [0.717, 1.165) is 11.3 Å². The van der Waals surface area contributed by atoms with Gasteiger partial charge in [-0.1, -0.05) is 12.1 Å². The van der Waals surface area contributed by atoms with Crippen molar-refractivity contribution in [3.8, 4) is 11.5 Å². The first-order valence-corrected chi connectivity index (χ1v) is 9.57. The Morgan fingerprint density at radius 1 is 1.00 bits per heavy atom. The predicted octanol–water partition coefficient (Wildman–Crippen LogP) is 3.31. The molecule has 6 nitrogen and oxygen atoms in total. The van der Waals surface area contributed by atoms with Gasteiger partial charge in [0.1, 0.15) is 22.9 Å². The van der Waals surface area contributed by atoms with Crippen LogP contribution in [0.4, 0.5) is 5.69 Å². The minimum Gasteiger partial charge on any atom is -0.497 e. The summed E-state index contributed by atoms with van der Waals surface area (Å²) in [6, 6.07) is 14.2. The van der Waals surface area contributed by atoms with Gasteiger partial charge in [0.05, 0.1) is 14.2 Å². The average molecular weight is 386 g/mol. The molecule has 1 N–H and O–H groups in total. The lowest BCUT2D eigenvalue weighted by atomic mass is 10.1. The molecule has 0 bridgehead atoms. The molecule has 0 aromatic heterocycles. The highest BCUT2D eigenvalue weighted by atomic mass is 32.2. The fourth-order valence-electron chi connectivity index (χ4n) is 3.02. The van der Waals surface area contributed by atoms with Crippen molar-refractivity contribution in [2.24, 2.45) is 0 Å². The van der Waals surface area contributed by atoms with Gasteiger partial charge in [-0.15, -0.1) is 11.8 Å². The summed E-state index contributed by atoms with van der Waals surface area (Å²) in [5, 5.41) is 2.69. The molecule has 1 aliphatic rings. The minimum atomic E-state index is -0.526. The first kappa shape index (κ1) is 19.1. The van der Waals surface area contributed by atoms with Gasteiger partial charge in [-0.2, -0.15) is 0 Å². The van der Waals surface area contributed by atoms with E-state index < -0.39 is 6.04 Å². The molecule has 2 aromatic carbocycles. The highest BCUT2D eigenvalue weighted by Gasteiger charge is 2.40. The Morgan fingerprint density at radius 3 is 2.07 bits per heavy atom. The minimum absolute atomic E-state index is 0.129. The molecular weight excluding hydrogens is 364 g/mol. The van der Waals surface area contributed by atoms with Crippen molar-refractivity contribution in [3.05, 3.63) is 54.1 Å². The van der Waals surface area contributed by atoms with E-state index in [2.05, 4.69) is 5.32 Å². The van der Waals surface area contributed by atoms with Crippen LogP contribution < -0.4 is 14.8 Å². The maximum atomic E-state index is 12.8. The number of ether oxygens (including phenoxy) is 2. The fourth-order valence-corrected chi connectivity index (χ4v) is 4.50. The van der Waals surface area contributed by atoms with E-state index in [1.54, 1.807) is 55.1 Å².